The number of aliphatic hydroxyl groups excluding tert-OH is 1. The molecule has 2 aliphatic heterocycles. The largest absolute Gasteiger partial charge is 0.487 e. The van der Waals surface area contributed by atoms with Gasteiger partial charge in [-0.1, -0.05) is 24.3 Å². The van der Waals surface area contributed by atoms with Crippen molar-refractivity contribution in [1.29, 1.82) is 5.41 Å². The Morgan fingerprint density at radius 2 is 1.91 bits per heavy atom. The molecule has 2 amide bonds. The highest BCUT2D eigenvalue weighted by molar-refractivity contribution is 6.00. The number of benzene rings is 2. The number of hydrogen-bond acceptors (Lipinski definition) is 5. The van der Waals surface area contributed by atoms with Crippen LogP contribution in [0.25, 0.3) is 0 Å². The maximum Gasteiger partial charge on any atom is 0.251 e. The predicted octanol–water partition coefficient (Wildman–Crippen LogP) is 3.21. The van der Waals surface area contributed by atoms with Crippen molar-refractivity contribution in [3.05, 3.63) is 64.7 Å². The molecule has 1 saturated heterocycles. The zero-order chi connectivity index (χ0) is 25.1. The number of guanidine groups is 1. The summed E-state index contributed by atoms with van der Waals surface area (Å²) in [5.74, 6) is 0.212. The van der Waals surface area contributed by atoms with Crippen LogP contribution in [-0.4, -0.2) is 45.0 Å². The van der Waals surface area contributed by atoms with Crippen molar-refractivity contribution >= 4 is 17.8 Å². The van der Waals surface area contributed by atoms with E-state index in [1.54, 1.807) is 18.2 Å². The summed E-state index contributed by atoms with van der Waals surface area (Å²) in [5, 5.41) is 25.2. The predicted molar refractivity (Wildman–Crippen MR) is 131 cm³/mol. The molecule has 3 atom stereocenters. The zero-order valence-electron chi connectivity index (χ0n) is 20.5. The molecule has 4 N–H and O–H groups in total. The third kappa shape index (κ3) is 4.27. The standard InChI is InChI=1S/C27H32N4O4/c1-26(2)14-22(33)31(25(28)30-26)19-13-27(3,4)35-21-10-9-16(11-18(19)21)24(34)29-23-17-8-6-5-7-15(17)12-20(23)32/h5-11,19-20,23,32H,12-14H2,1-4H3,(H2,28,30)(H,29,34)/t19?,20-,23-/m1/s1. The number of amides is 2. The van der Waals surface area contributed by atoms with Gasteiger partial charge in [-0.15, -0.1) is 0 Å². The molecule has 1 aliphatic carbocycles. The summed E-state index contributed by atoms with van der Waals surface area (Å²) < 4.78 is 6.18. The molecular formula is C27H32N4O4. The summed E-state index contributed by atoms with van der Waals surface area (Å²) >= 11 is 0. The normalized spacial score (nSPS) is 26.3. The molecule has 35 heavy (non-hydrogen) atoms. The fraction of sp³-hybridized carbons (Fsp3) is 0.444. The second-order valence-corrected chi connectivity index (χ2v) is 11.1. The van der Waals surface area contributed by atoms with Gasteiger partial charge in [0.2, 0.25) is 5.91 Å². The zero-order valence-corrected chi connectivity index (χ0v) is 20.5. The van der Waals surface area contributed by atoms with Crippen LogP contribution in [0.2, 0.25) is 0 Å². The van der Waals surface area contributed by atoms with Gasteiger partial charge in [-0.3, -0.25) is 19.9 Å². The van der Waals surface area contributed by atoms with Crippen LogP contribution in [0.3, 0.4) is 0 Å². The van der Waals surface area contributed by atoms with Gasteiger partial charge in [0.15, 0.2) is 5.96 Å². The van der Waals surface area contributed by atoms with Gasteiger partial charge in [0.1, 0.15) is 11.4 Å². The van der Waals surface area contributed by atoms with Crippen LogP contribution in [-0.2, 0) is 11.2 Å². The van der Waals surface area contributed by atoms with Gasteiger partial charge in [0, 0.05) is 35.9 Å². The molecule has 1 unspecified atom stereocenters. The maximum atomic E-state index is 13.3. The molecule has 0 saturated carbocycles. The van der Waals surface area contributed by atoms with Gasteiger partial charge in [-0.25, -0.2) is 0 Å². The minimum atomic E-state index is -0.688. The Hall–Kier alpha value is -3.39. The molecule has 0 spiro atoms. The average molecular weight is 477 g/mol. The monoisotopic (exact) mass is 476 g/mol. The Bertz CT molecular complexity index is 1200. The van der Waals surface area contributed by atoms with E-state index < -0.39 is 29.3 Å². The van der Waals surface area contributed by atoms with Crippen LogP contribution in [0.4, 0.5) is 0 Å². The summed E-state index contributed by atoms with van der Waals surface area (Å²) in [6.07, 6.45) is 0.558. The molecule has 3 aliphatic rings. The van der Waals surface area contributed by atoms with Gasteiger partial charge in [0.25, 0.3) is 5.91 Å². The quantitative estimate of drug-likeness (QED) is 0.543. The van der Waals surface area contributed by atoms with Crippen LogP contribution in [0.15, 0.2) is 42.5 Å². The van der Waals surface area contributed by atoms with E-state index >= 15 is 0 Å². The second kappa shape index (κ2) is 8.09. The Morgan fingerprint density at radius 3 is 2.66 bits per heavy atom. The van der Waals surface area contributed by atoms with Crippen molar-refractivity contribution in [2.24, 2.45) is 0 Å². The van der Waals surface area contributed by atoms with Crippen LogP contribution in [0.5, 0.6) is 5.75 Å². The lowest BCUT2D eigenvalue weighted by Crippen LogP contribution is -2.61. The highest BCUT2D eigenvalue weighted by Crippen LogP contribution is 2.44. The van der Waals surface area contributed by atoms with E-state index in [2.05, 4.69) is 10.6 Å². The lowest BCUT2D eigenvalue weighted by atomic mass is 9.86. The van der Waals surface area contributed by atoms with E-state index in [0.717, 1.165) is 11.1 Å². The molecule has 2 aromatic carbocycles. The fourth-order valence-electron chi connectivity index (χ4n) is 5.50. The molecular weight excluding hydrogens is 444 g/mol. The summed E-state index contributed by atoms with van der Waals surface area (Å²) in [5.41, 5.74) is 2.03. The Balaban J connectivity index is 1.46. The number of nitrogens with one attached hydrogen (secondary N) is 3. The average Bonchev–Trinajstić information content (AvgIpc) is 3.06. The summed E-state index contributed by atoms with van der Waals surface area (Å²) in [4.78, 5) is 27.9. The topological polar surface area (TPSA) is 115 Å². The van der Waals surface area contributed by atoms with E-state index in [1.165, 1.54) is 4.90 Å². The first-order chi connectivity index (χ1) is 16.4. The molecule has 8 heteroatoms. The lowest BCUT2D eigenvalue weighted by molar-refractivity contribution is -0.133. The van der Waals surface area contributed by atoms with E-state index in [-0.39, 0.29) is 24.2 Å². The van der Waals surface area contributed by atoms with E-state index in [1.807, 2.05) is 52.0 Å². The number of aliphatic hydroxyl groups is 1. The summed E-state index contributed by atoms with van der Waals surface area (Å²) in [7, 11) is 0. The molecule has 1 fully saturated rings. The Morgan fingerprint density at radius 1 is 1.17 bits per heavy atom. The third-order valence-corrected chi connectivity index (χ3v) is 7.06. The van der Waals surface area contributed by atoms with E-state index in [0.29, 0.717) is 29.7 Å². The molecule has 0 aromatic heterocycles. The lowest BCUT2D eigenvalue weighted by Gasteiger charge is -2.46. The van der Waals surface area contributed by atoms with Crippen molar-refractivity contribution in [1.82, 2.24) is 15.5 Å². The minimum absolute atomic E-state index is 0.0560. The van der Waals surface area contributed by atoms with Gasteiger partial charge < -0.3 is 20.5 Å². The third-order valence-electron chi connectivity index (χ3n) is 7.06. The van der Waals surface area contributed by atoms with Crippen molar-refractivity contribution in [2.75, 3.05) is 0 Å². The van der Waals surface area contributed by atoms with Crippen LogP contribution in [0.1, 0.15) is 79.7 Å². The van der Waals surface area contributed by atoms with Gasteiger partial charge in [-0.2, -0.15) is 0 Å². The second-order valence-electron chi connectivity index (χ2n) is 11.1. The van der Waals surface area contributed by atoms with Crippen molar-refractivity contribution in [3.8, 4) is 5.75 Å². The number of hydrogen-bond donors (Lipinski definition) is 4. The number of carbonyl (C=O) groups is 2. The van der Waals surface area contributed by atoms with Crippen LogP contribution < -0.4 is 15.4 Å². The fourth-order valence-corrected chi connectivity index (χ4v) is 5.50. The maximum absolute atomic E-state index is 13.3. The van der Waals surface area contributed by atoms with Crippen LogP contribution in [0, 0.1) is 5.41 Å². The number of nitrogens with zero attached hydrogens (tertiary/aromatic N) is 1. The van der Waals surface area contributed by atoms with E-state index in [4.69, 9.17) is 10.1 Å². The van der Waals surface area contributed by atoms with Crippen molar-refractivity contribution in [3.63, 3.8) is 0 Å². The smallest absolute Gasteiger partial charge is 0.251 e. The van der Waals surface area contributed by atoms with Gasteiger partial charge in [0.05, 0.1) is 18.2 Å². The molecule has 184 valence electrons. The van der Waals surface area contributed by atoms with Gasteiger partial charge >= 0.3 is 0 Å². The Kier molecular flexibility index (Phi) is 5.40. The number of carbonyl (C=O) groups excluding carboxylic acids is 2. The minimum Gasteiger partial charge on any atom is -0.487 e. The number of fused-ring (bicyclic) bond motifs is 2. The van der Waals surface area contributed by atoms with Crippen molar-refractivity contribution < 1.29 is 19.4 Å². The molecule has 2 heterocycles. The number of ether oxygens (including phenoxy) is 1. The molecule has 8 nitrogen and oxygen atoms in total. The molecule has 0 bridgehead atoms. The highest BCUT2D eigenvalue weighted by Gasteiger charge is 2.44. The van der Waals surface area contributed by atoms with Crippen LogP contribution >= 0.6 is 0 Å². The van der Waals surface area contributed by atoms with Crippen molar-refractivity contribution in [2.45, 2.75) is 76.3 Å². The molecule has 5 rings (SSSR count). The summed E-state index contributed by atoms with van der Waals surface area (Å²) in [6, 6.07) is 12.0. The van der Waals surface area contributed by atoms with Gasteiger partial charge in [-0.05, 0) is 57.0 Å². The first kappa shape index (κ1) is 23.4. The molecule has 2 aromatic rings. The number of rotatable bonds is 3. The highest BCUT2D eigenvalue weighted by atomic mass is 16.5. The molecule has 0 radical (unpaired) electrons. The first-order valence-electron chi connectivity index (χ1n) is 12.0. The SMILES string of the molecule is CC1(C)CC(=O)N(C2CC(C)(C)Oc3ccc(C(=O)N[C@@H]4c5ccccc5C[C@H]4O)cc32)C(=N)N1. The Labute approximate surface area is 205 Å². The van der Waals surface area contributed by atoms with E-state index in [9.17, 15) is 14.7 Å². The first-order valence-corrected chi connectivity index (χ1v) is 12.0. The summed E-state index contributed by atoms with van der Waals surface area (Å²) in [6.45, 7) is 7.71.